The highest BCUT2D eigenvalue weighted by atomic mass is 35.5. The molecule has 0 N–H and O–H groups in total. The van der Waals surface area contributed by atoms with Crippen LogP contribution >= 0.6 is 11.6 Å². The Bertz CT molecular complexity index is 895. The zero-order valence-electron chi connectivity index (χ0n) is 9.35. The smallest absolute Gasteiger partial charge is 0.136 e. The third-order valence-electron chi connectivity index (χ3n) is 3.20. The summed E-state index contributed by atoms with van der Waals surface area (Å²) >= 11 is 6.25. The molecule has 3 heteroatoms. The molecule has 0 saturated carbocycles. The van der Waals surface area contributed by atoms with Gasteiger partial charge in [-0.3, -0.25) is 4.98 Å². The summed E-state index contributed by atoms with van der Waals surface area (Å²) in [5.41, 5.74) is 1.68. The third kappa shape index (κ3) is 1.27. The third-order valence-corrected chi connectivity index (χ3v) is 3.52. The van der Waals surface area contributed by atoms with E-state index in [1.807, 2.05) is 36.5 Å². The number of pyridine rings is 1. The van der Waals surface area contributed by atoms with Crippen LogP contribution in [0.5, 0.6) is 0 Å². The maximum atomic E-state index is 6.25. The first-order valence-corrected chi connectivity index (χ1v) is 6.05. The highest BCUT2D eigenvalue weighted by molar-refractivity contribution is 6.37. The van der Waals surface area contributed by atoms with E-state index in [0.717, 1.165) is 37.7 Å². The molecule has 18 heavy (non-hydrogen) atoms. The second-order valence-corrected chi connectivity index (χ2v) is 4.69. The Morgan fingerprint density at radius 3 is 2.89 bits per heavy atom. The minimum atomic E-state index is 0.717. The van der Waals surface area contributed by atoms with E-state index in [4.69, 9.17) is 16.0 Å². The van der Waals surface area contributed by atoms with Crippen molar-refractivity contribution in [3.05, 3.63) is 53.8 Å². The van der Waals surface area contributed by atoms with E-state index in [2.05, 4.69) is 11.1 Å². The van der Waals surface area contributed by atoms with Gasteiger partial charge in [0.15, 0.2) is 0 Å². The summed E-state index contributed by atoms with van der Waals surface area (Å²) in [7, 11) is 0. The summed E-state index contributed by atoms with van der Waals surface area (Å²) in [5.74, 6) is 0. The summed E-state index contributed by atoms with van der Waals surface area (Å²) in [5, 5.41) is 4.94. The van der Waals surface area contributed by atoms with Crippen molar-refractivity contribution in [2.45, 2.75) is 0 Å². The second-order valence-electron chi connectivity index (χ2n) is 4.29. The lowest BCUT2D eigenvalue weighted by Crippen LogP contribution is -1.75. The summed E-state index contributed by atoms with van der Waals surface area (Å²) in [6, 6.07) is 11.8. The topological polar surface area (TPSA) is 26.0 Å². The summed E-state index contributed by atoms with van der Waals surface area (Å²) in [6.07, 6.45) is 3.63. The van der Waals surface area contributed by atoms with Crippen LogP contribution in [0.25, 0.3) is 32.7 Å². The molecule has 0 unspecified atom stereocenters. The van der Waals surface area contributed by atoms with E-state index in [-0.39, 0.29) is 0 Å². The molecule has 0 amide bonds. The summed E-state index contributed by atoms with van der Waals surface area (Å²) in [6.45, 7) is 0. The van der Waals surface area contributed by atoms with Crippen molar-refractivity contribution < 1.29 is 4.42 Å². The van der Waals surface area contributed by atoms with E-state index < -0.39 is 0 Å². The molecule has 0 atom stereocenters. The molecule has 0 radical (unpaired) electrons. The maximum Gasteiger partial charge on any atom is 0.136 e. The number of halogens is 1. The number of hydrogen-bond donors (Lipinski definition) is 0. The Labute approximate surface area is 108 Å². The number of furan rings is 1. The molecule has 0 bridgehead atoms. The van der Waals surface area contributed by atoms with E-state index in [0.29, 0.717) is 0 Å². The predicted molar refractivity (Wildman–Crippen MR) is 74.0 cm³/mol. The Morgan fingerprint density at radius 1 is 1.00 bits per heavy atom. The van der Waals surface area contributed by atoms with Crippen molar-refractivity contribution in [1.29, 1.82) is 0 Å². The van der Waals surface area contributed by atoms with Crippen LogP contribution in [0.1, 0.15) is 0 Å². The van der Waals surface area contributed by atoms with Gasteiger partial charge in [0.05, 0.1) is 5.02 Å². The molecule has 2 nitrogen and oxygen atoms in total. The minimum absolute atomic E-state index is 0.717. The zero-order valence-corrected chi connectivity index (χ0v) is 10.1. The first-order chi connectivity index (χ1) is 8.83. The van der Waals surface area contributed by atoms with Crippen LogP contribution in [-0.4, -0.2) is 4.98 Å². The highest BCUT2D eigenvalue weighted by Crippen LogP contribution is 2.35. The van der Waals surface area contributed by atoms with Gasteiger partial charge in [-0.2, -0.15) is 0 Å². The first kappa shape index (κ1) is 9.92. The van der Waals surface area contributed by atoms with Gasteiger partial charge >= 0.3 is 0 Å². The van der Waals surface area contributed by atoms with Gasteiger partial charge in [0.25, 0.3) is 0 Å². The van der Waals surface area contributed by atoms with Crippen LogP contribution in [0, 0.1) is 0 Å². The van der Waals surface area contributed by atoms with Crippen molar-refractivity contribution in [3.8, 4) is 0 Å². The van der Waals surface area contributed by atoms with E-state index >= 15 is 0 Å². The molecule has 0 aliphatic heterocycles. The fourth-order valence-electron chi connectivity index (χ4n) is 2.36. The van der Waals surface area contributed by atoms with Crippen LogP contribution < -0.4 is 0 Å². The fraction of sp³-hybridized carbons (Fsp3) is 0. The standard InChI is InChI=1S/C15H8ClNO/c16-12-2-1-3-13-15(12)11-6-10-8-17-5-4-9(10)7-14(11)18-13/h1-8H. The summed E-state index contributed by atoms with van der Waals surface area (Å²) < 4.78 is 5.84. The molecule has 2 aromatic heterocycles. The van der Waals surface area contributed by atoms with Crippen LogP contribution in [-0.2, 0) is 0 Å². The molecule has 4 aromatic rings. The maximum absolute atomic E-state index is 6.25. The van der Waals surface area contributed by atoms with Crippen LogP contribution in [0.3, 0.4) is 0 Å². The molecular formula is C15H8ClNO. The lowest BCUT2D eigenvalue weighted by molar-refractivity contribution is 0.669. The Morgan fingerprint density at radius 2 is 1.94 bits per heavy atom. The van der Waals surface area contributed by atoms with Crippen molar-refractivity contribution in [2.24, 2.45) is 0 Å². The number of aromatic nitrogens is 1. The number of benzene rings is 2. The Balaban J connectivity index is 2.29. The molecule has 2 aromatic carbocycles. The number of rotatable bonds is 0. The van der Waals surface area contributed by atoms with Crippen molar-refractivity contribution in [1.82, 2.24) is 4.98 Å². The molecule has 86 valence electrons. The summed E-state index contributed by atoms with van der Waals surface area (Å²) in [4.78, 5) is 4.14. The van der Waals surface area contributed by atoms with Gasteiger partial charge < -0.3 is 4.42 Å². The average molecular weight is 254 g/mol. The molecule has 0 aliphatic rings. The van der Waals surface area contributed by atoms with Gasteiger partial charge in [0.2, 0.25) is 0 Å². The van der Waals surface area contributed by atoms with Crippen molar-refractivity contribution in [3.63, 3.8) is 0 Å². The molecule has 0 aliphatic carbocycles. The molecule has 2 heterocycles. The lowest BCUT2D eigenvalue weighted by atomic mass is 10.1. The van der Waals surface area contributed by atoms with Gasteiger partial charge in [0, 0.05) is 28.6 Å². The molecule has 4 rings (SSSR count). The fourth-order valence-corrected chi connectivity index (χ4v) is 2.63. The van der Waals surface area contributed by atoms with Gasteiger partial charge in [-0.1, -0.05) is 17.7 Å². The number of nitrogens with zero attached hydrogens (tertiary/aromatic N) is 1. The van der Waals surface area contributed by atoms with Crippen molar-refractivity contribution >= 4 is 44.3 Å². The van der Waals surface area contributed by atoms with E-state index in [1.54, 1.807) is 6.20 Å². The first-order valence-electron chi connectivity index (χ1n) is 5.67. The quantitative estimate of drug-likeness (QED) is 0.450. The van der Waals surface area contributed by atoms with E-state index in [9.17, 15) is 0 Å². The monoisotopic (exact) mass is 253 g/mol. The minimum Gasteiger partial charge on any atom is -0.456 e. The molecule has 0 saturated heterocycles. The van der Waals surface area contributed by atoms with E-state index in [1.165, 1.54) is 0 Å². The highest BCUT2D eigenvalue weighted by Gasteiger charge is 2.10. The number of fused-ring (bicyclic) bond motifs is 4. The van der Waals surface area contributed by atoms with Gasteiger partial charge in [0.1, 0.15) is 11.2 Å². The Kier molecular flexibility index (Phi) is 1.91. The lowest BCUT2D eigenvalue weighted by Gasteiger charge is -1.96. The number of hydrogen-bond acceptors (Lipinski definition) is 2. The second kappa shape index (κ2) is 3.47. The van der Waals surface area contributed by atoms with Gasteiger partial charge in [-0.05, 0) is 35.7 Å². The average Bonchev–Trinajstić information content (AvgIpc) is 2.74. The normalized spacial score (nSPS) is 11.6. The van der Waals surface area contributed by atoms with Crippen LogP contribution in [0.2, 0.25) is 5.02 Å². The zero-order chi connectivity index (χ0) is 12.1. The van der Waals surface area contributed by atoms with Crippen LogP contribution in [0.15, 0.2) is 53.2 Å². The Hall–Kier alpha value is -2.06. The van der Waals surface area contributed by atoms with Gasteiger partial charge in [-0.15, -0.1) is 0 Å². The largest absolute Gasteiger partial charge is 0.456 e. The predicted octanol–water partition coefficient (Wildman–Crippen LogP) is 4.79. The molecular weight excluding hydrogens is 246 g/mol. The van der Waals surface area contributed by atoms with Crippen LogP contribution in [0.4, 0.5) is 0 Å². The molecule has 0 spiro atoms. The van der Waals surface area contributed by atoms with Crippen molar-refractivity contribution in [2.75, 3.05) is 0 Å². The van der Waals surface area contributed by atoms with Gasteiger partial charge in [-0.25, -0.2) is 0 Å². The SMILES string of the molecule is Clc1cccc2oc3cc4ccncc4cc3c12. The molecule has 0 fully saturated rings.